The lowest BCUT2D eigenvalue weighted by molar-refractivity contribution is 0.430. The molecule has 2 aromatic heterocycles. The van der Waals surface area contributed by atoms with Crippen LogP contribution in [-0.2, 0) is 16.4 Å². The highest BCUT2D eigenvalue weighted by molar-refractivity contribution is 9.10. The van der Waals surface area contributed by atoms with E-state index in [4.69, 9.17) is 4.52 Å². The van der Waals surface area contributed by atoms with Gasteiger partial charge in [0.25, 0.3) is 15.9 Å². The molecule has 0 saturated carbocycles. The van der Waals surface area contributed by atoms with E-state index in [0.29, 0.717) is 21.6 Å². The fourth-order valence-corrected chi connectivity index (χ4v) is 5.38. The molecule has 1 N–H and O–H groups in total. The van der Waals surface area contributed by atoms with Crippen LogP contribution in [0.25, 0.3) is 11.1 Å². The predicted octanol–water partition coefficient (Wildman–Crippen LogP) is 5.86. The van der Waals surface area contributed by atoms with E-state index in [9.17, 15) is 8.42 Å². The summed E-state index contributed by atoms with van der Waals surface area (Å²) in [6.45, 7) is 6.14. The van der Waals surface area contributed by atoms with Crippen LogP contribution < -0.4 is 4.72 Å². The highest BCUT2D eigenvalue weighted by atomic mass is 79.9. The molecule has 27 heavy (non-hydrogen) atoms. The molecule has 8 heteroatoms. The van der Waals surface area contributed by atoms with E-state index in [-0.39, 0.29) is 10.1 Å². The standard InChI is InChI=1S/C19H21BrN2O3S2/c1-12(2)4-5-14-6-8-15(9-7-14)16-10-11-26-19(16)27(23,24)22-18-17(20)13(3)21-25-18/h6-12,22H,4-5H2,1-3H3. The largest absolute Gasteiger partial charge is 0.336 e. The van der Waals surface area contributed by atoms with Crippen molar-refractivity contribution in [3.05, 3.63) is 51.4 Å². The van der Waals surface area contributed by atoms with Crippen molar-refractivity contribution in [2.45, 2.75) is 37.8 Å². The van der Waals surface area contributed by atoms with Gasteiger partial charge in [-0.3, -0.25) is 0 Å². The zero-order valence-corrected chi connectivity index (χ0v) is 18.5. The Labute approximate surface area is 172 Å². The van der Waals surface area contributed by atoms with E-state index in [2.05, 4.69) is 51.8 Å². The first-order valence-corrected chi connectivity index (χ1v) is 11.7. The van der Waals surface area contributed by atoms with Crippen LogP contribution in [0.4, 0.5) is 5.88 Å². The molecule has 0 atom stereocenters. The van der Waals surface area contributed by atoms with Gasteiger partial charge in [0.05, 0.1) is 5.69 Å². The molecule has 0 aliphatic rings. The average Bonchev–Trinajstić information content (AvgIpc) is 3.23. The summed E-state index contributed by atoms with van der Waals surface area (Å²) in [5, 5.41) is 5.53. The highest BCUT2D eigenvalue weighted by Crippen LogP contribution is 2.35. The van der Waals surface area contributed by atoms with Crippen molar-refractivity contribution >= 4 is 43.2 Å². The molecule has 5 nitrogen and oxygen atoms in total. The van der Waals surface area contributed by atoms with Gasteiger partial charge in [-0.1, -0.05) is 43.3 Å². The van der Waals surface area contributed by atoms with Gasteiger partial charge in [0, 0.05) is 5.56 Å². The van der Waals surface area contributed by atoms with Gasteiger partial charge in [0.1, 0.15) is 8.68 Å². The Morgan fingerprint density at radius 1 is 1.22 bits per heavy atom. The Morgan fingerprint density at radius 2 is 1.93 bits per heavy atom. The second-order valence-corrected chi connectivity index (χ2v) is 10.4. The average molecular weight is 469 g/mol. The number of halogens is 1. The van der Waals surface area contributed by atoms with E-state index in [1.54, 1.807) is 12.3 Å². The number of anilines is 1. The van der Waals surface area contributed by atoms with Crippen molar-refractivity contribution < 1.29 is 12.9 Å². The first-order chi connectivity index (χ1) is 12.8. The molecule has 0 aliphatic heterocycles. The normalized spacial score (nSPS) is 11.9. The Hall–Kier alpha value is -1.64. The number of rotatable bonds is 7. The minimum Gasteiger partial charge on any atom is -0.336 e. The predicted molar refractivity (Wildman–Crippen MR) is 113 cm³/mol. The van der Waals surface area contributed by atoms with Gasteiger partial charge in [0.15, 0.2) is 0 Å². The summed E-state index contributed by atoms with van der Waals surface area (Å²) in [6.07, 6.45) is 2.15. The molecule has 0 fully saturated rings. The molecule has 0 unspecified atom stereocenters. The summed E-state index contributed by atoms with van der Waals surface area (Å²) in [6, 6.07) is 9.91. The fraction of sp³-hybridized carbons (Fsp3) is 0.316. The van der Waals surface area contributed by atoms with E-state index >= 15 is 0 Å². The Morgan fingerprint density at radius 3 is 2.52 bits per heavy atom. The third-order valence-corrected chi connectivity index (χ3v) is 7.92. The second-order valence-electron chi connectivity index (χ2n) is 6.77. The molecule has 0 saturated heterocycles. The molecule has 0 radical (unpaired) electrons. The van der Waals surface area contributed by atoms with Crippen LogP contribution >= 0.6 is 27.3 Å². The first kappa shape index (κ1) is 20.1. The molecule has 0 aliphatic carbocycles. The number of aromatic nitrogens is 1. The van der Waals surface area contributed by atoms with E-state index in [0.717, 1.165) is 18.4 Å². The van der Waals surface area contributed by atoms with Gasteiger partial charge in [-0.25, -0.2) is 13.1 Å². The van der Waals surface area contributed by atoms with Gasteiger partial charge >= 0.3 is 0 Å². The molecule has 0 amide bonds. The number of sulfonamides is 1. The van der Waals surface area contributed by atoms with E-state index in [1.165, 1.54) is 16.9 Å². The van der Waals surface area contributed by atoms with Crippen molar-refractivity contribution in [1.29, 1.82) is 0 Å². The summed E-state index contributed by atoms with van der Waals surface area (Å²) in [4.78, 5) is 0. The zero-order chi connectivity index (χ0) is 19.6. The highest BCUT2D eigenvalue weighted by Gasteiger charge is 2.24. The molecular weight excluding hydrogens is 448 g/mol. The van der Waals surface area contributed by atoms with Gasteiger partial charge in [0.2, 0.25) is 0 Å². The smallest absolute Gasteiger partial charge is 0.274 e. The van der Waals surface area contributed by atoms with Gasteiger partial charge in [-0.15, -0.1) is 11.3 Å². The maximum atomic E-state index is 12.9. The van der Waals surface area contributed by atoms with E-state index in [1.807, 2.05) is 18.2 Å². The lowest BCUT2D eigenvalue weighted by atomic mass is 10.0. The van der Waals surface area contributed by atoms with Crippen LogP contribution in [-0.4, -0.2) is 13.6 Å². The maximum absolute atomic E-state index is 12.9. The van der Waals surface area contributed by atoms with Crippen LogP contribution in [0.1, 0.15) is 31.5 Å². The SMILES string of the molecule is Cc1noc(NS(=O)(=O)c2sccc2-c2ccc(CCC(C)C)cc2)c1Br. The summed E-state index contributed by atoms with van der Waals surface area (Å²) in [7, 11) is -3.78. The number of nitrogens with one attached hydrogen (secondary N) is 1. The Balaban J connectivity index is 1.86. The second kappa shape index (κ2) is 8.16. The lowest BCUT2D eigenvalue weighted by Gasteiger charge is -2.08. The minimum absolute atomic E-state index is 0.0795. The van der Waals surface area contributed by atoms with Crippen molar-refractivity contribution in [1.82, 2.24) is 5.16 Å². The van der Waals surface area contributed by atoms with Gasteiger partial charge < -0.3 is 4.52 Å². The van der Waals surface area contributed by atoms with Gasteiger partial charge in [-0.05, 0) is 64.2 Å². The fourth-order valence-electron chi connectivity index (χ4n) is 2.61. The summed E-state index contributed by atoms with van der Waals surface area (Å²) >= 11 is 4.46. The molecule has 1 aromatic carbocycles. The molecule has 144 valence electrons. The number of hydrogen-bond acceptors (Lipinski definition) is 5. The van der Waals surface area contributed by atoms with Crippen molar-refractivity contribution in [3.63, 3.8) is 0 Å². The number of hydrogen-bond donors (Lipinski definition) is 1. The van der Waals surface area contributed by atoms with Crippen molar-refractivity contribution in [3.8, 4) is 11.1 Å². The third-order valence-electron chi connectivity index (χ3n) is 4.17. The number of nitrogens with zero attached hydrogens (tertiary/aromatic N) is 1. The van der Waals surface area contributed by atoms with Crippen LogP contribution in [0.2, 0.25) is 0 Å². The topological polar surface area (TPSA) is 72.2 Å². The van der Waals surface area contributed by atoms with Crippen molar-refractivity contribution in [2.75, 3.05) is 4.72 Å². The minimum atomic E-state index is -3.78. The summed E-state index contributed by atoms with van der Waals surface area (Å²) < 4.78 is 34.0. The zero-order valence-electron chi connectivity index (χ0n) is 15.3. The Bertz CT molecular complexity index is 1020. The summed E-state index contributed by atoms with van der Waals surface area (Å²) in [5.41, 5.74) is 3.38. The van der Waals surface area contributed by atoms with Crippen LogP contribution in [0.5, 0.6) is 0 Å². The van der Waals surface area contributed by atoms with Crippen molar-refractivity contribution in [2.24, 2.45) is 5.92 Å². The molecule has 0 bridgehead atoms. The maximum Gasteiger partial charge on any atom is 0.274 e. The van der Waals surface area contributed by atoms with Crippen LogP contribution in [0.15, 0.2) is 48.9 Å². The first-order valence-electron chi connectivity index (χ1n) is 8.59. The van der Waals surface area contributed by atoms with Gasteiger partial charge in [-0.2, -0.15) is 0 Å². The quantitative estimate of drug-likeness (QED) is 0.470. The Kier molecular flexibility index (Phi) is 6.08. The van der Waals surface area contributed by atoms with E-state index < -0.39 is 10.0 Å². The third kappa shape index (κ3) is 4.62. The number of aryl methyl sites for hydroxylation is 2. The number of thiophene rings is 1. The molecule has 3 rings (SSSR count). The van der Waals surface area contributed by atoms with Crippen LogP contribution in [0.3, 0.4) is 0 Å². The lowest BCUT2D eigenvalue weighted by Crippen LogP contribution is -2.12. The summed E-state index contributed by atoms with van der Waals surface area (Å²) in [5.74, 6) is 0.735. The number of benzene rings is 1. The molecular formula is C19H21BrN2O3S2. The molecule has 2 heterocycles. The molecule has 3 aromatic rings. The monoisotopic (exact) mass is 468 g/mol. The van der Waals surface area contributed by atoms with Crippen LogP contribution in [0, 0.1) is 12.8 Å². The molecule has 0 spiro atoms.